The first-order valence-electron chi connectivity index (χ1n) is 6.85. The average molecular weight is 282 g/mol. The Morgan fingerprint density at radius 3 is 2.63 bits per heavy atom. The molecule has 0 atom stereocenters. The van der Waals surface area contributed by atoms with Crippen LogP contribution in [-0.4, -0.2) is 30.5 Å². The monoisotopic (exact) mass is 281 g/mol. The Labute approximate surface area is 119 Å². The van der Waals surface area contributed by atoms with Crippen LogP contribution in [0, 0.1) is 5.92 Å². The number of hydrogen-bond donors (Lipinski definition) is 0. The van der Waals surface area contributed by atoms with Gasteiger partial charge in [0.15, 0.2) is 6.61 Å². The zero-order valence-electron chi connectivity index (χ0n) is 11.3. The van der Waals surface area contributed by atoms with Gasteiger partial charge in [-0.25, -0.2) is 0 Å². The van der Waals surface area contributed by atoms with E-state index in [4.69, 9.17) is 16.3 Å². The van der Waals surface area contributed by atoms with Crippen LogP contribution in [-0.2, 0) is 4.79 Å². The molecule has 0 N–H and O–H groups in total. The molecule has 19 heavy (non-hydrogen) atoms. The second kappa shape index (κ2) is 6.80. The van der Waals surface area contributed by atoms with Gasteiger partial charge in [-0.05, 0) is 49.4 Å². The maximum absolute atomic E-state index is 12.1. The molecule has 0 bridgehead atoms. The van der Waals surface area contributed by atoms with E-state index in [9.17, 15) is 4.79 Å². The van der Waals surface area contributed by atoms with Crippen molar-refractivity contribution in [3.8, 4) is 5.75 Å². The lowest BCUT2D eigenvalue weighted by molar-refractivity contribution is -0.133. The molecule has 1 aliphatic rings. The summed E-state index contributed by atoms with van der Waals surface area (Å²) < 4.78 is 5.50. The second-order valence-electron chi connectivity index (χ2n) is 5.03. The largest absolute Gasteiger partial charge is 0.484 e. The highest BCUT2D eigenvalue weighted by molar-refractivity contribution is 6.30. The van der Waals surface area contributed by atoms with Crippen LogP contribution >= 0.6 is 11.6 Å². The van der Waals surface area contributed by atoms with Crippen LogP contribution in [0.3, 0.4) is 0 Å². The number of ether oxygens (including phenoxy) is 1. The molecule has 1 aromatic carbocycles. The van der Waals surface area contributed by atoms with E-state index in [2.05, 4.69) is 6.92 Å². The molecule has 1 aliphatic carbocycles. The number of amides is 1. The Morgan fingerprint density at radius 1 is 1.37 bits per heavy atom. The molecule has 0 spiro atoms. The van der Waals surface area contributed by atoms with Gasteiger partial charge in [-0.2, -0.15) is 0 Å². The Morgan fingerprint density at radius 2 is 2.05 bits per heavy atom. The number of nitrogens with zero attached hydrogens (tertiary/aromatic N) is 1. The quantitative estimate of drug-likeness (QED) is 0.767. The van der Waals surface area contributed by atoms with Crippen molar-refractivity contribution in [1.82, 2.24) is 4.90 Å². The Kier molecular flexibility index (Phi) is 5.08. The van der Waals surface area contributed by atoms with Gasteiger partial charge in [0, 0.05) is 18.1 Å². The molecule has 1 amide bonds. The van der Waals surface area contributed by atoms with E-state index in [1.807, 2.05) is 4.90 Å². The SMILES string of the molecule is CCCN(CC1CC1)C(=O)COc1ccc(Cl)cc1. The van der Waals surface area contributed by atoms with E-state index in [0.717, 1.165) is 19.5 Å². The predicted octanol–water partition coefficient (Wildman–Crippen LogP) is 3.37. The van der Waals surface area contributed by atoms with Crippen LogP contribution < -0.4 is 4.74 Å². The number of benzene rings is 1. The van der Waals surface area contributed by atoms with Gasteiger partial charge in [-0.1, -0.05) is 18.5 Å². The third-order valence-electron chi connectivity index (χ3n) is 3.20. The fraction of sp³-hybridized carbons (Fsp3) is 0.533. The van der Waals surface area contributed by atoms with Crippen molar-refractivity contribution in [2.75, 3.05) is 19.7 Å². The number of halogens is 1. The minimum Gasteiger partial charge on any atom is -0.484 e. The smallest absolute Gasteiger partial charge is 0.260 e. The highest BCUT2D eigenvalue weighted by Gasteiger charge is 2.26. The van der Waals surface area contributed by atoms with Crippen molar-refractivity contribution in [2.45, 2.75) is 26.2 Å². The van der Waals surface area contributed by atoms with Crippen LogP contribution in [0.5, 0.6) is 5.75 Å². The van der Waals surface area contributed by atoms with E-state index >= 15 is 0 Å². The van der Waals surface area contributed by atoms with E-state index < -0.39 is 0 Å². The summed E-state index contributed by atoms with van der Waals surface area (Å²) in [6.45, 7) is 3.90. The fourth-order valence-electron chi connectivity index (χ4n) is 1.97. The highest BCUT2D eigenvalue weighted by atomic mass is 35.5. The first kappa shape index (κ1) is 14.2. The molecule has 0 saturated heterocycles. The van der Waals surface area contributed by atoms with Crippen LogP contribution in [0.4, 0.5) is 0 Å². The molecule has 0 aromatic heterocycles. The molecule has 1 aromatic rings. The maximum Gasteiger partial charge on any atom is 0.260 e. The van der Waals surface area contributed by atoms with Gasteiger partial charge in [0.25, 0.3) is 5.91 Å². The van der Waals surface area contributed by atoms with Crippen molar-refractivity contribution in [3.63, 3.8) is 0 Å². The third-order valence-corrected chi connectivity index (χ3v) is 3.45. The Hall–Kier alpha value is -1.22. The van der Waals surface area contributed by atoms with E-state index in [-0.39, 0.29) is 12.5 Å². The van der Waals surface area contributed by atoms with Crippen molar-refractivity contribution < 1.29 is 9.53 Å². The van der Waals surface area contributed by atoms with Crippen LogP contribution in [0.25, 0.3) is 0 Å². The molecule has 0 unspecified atom stereocenters. The minimum atomic E-state index is 0.0729. The van der Waals surface area contributed by atoms with E-state index in [1.165, 1.54) is 12.8 Å². The maximum atomic E-state index is 12.1. The lowest BCUT2D eigenvalue weighted by Crippen LogP contribution is -2.37. The van der Waals surface area contributed by atoms with Gasteiger partial charge in [-0.3, -0.25) is 4.79 Å². The molecule has 104 valence electrons. The molecular formula is C15H20ClNO2. The summed E-state index contributed by atoms with van der Waals surface area (Å²) in [5, 5.41) is 0.667. The summed E-state index contributed by atoms with van der Waals surface area (Å²) in [6.07, 6.45) is 3.50. The van der Waals surface area contributed by atoms with Crippen LogP contribution in [0.2, 0.25) is 5.02 Å². The lowest BCUT2D eigenvalue weighted by Gasteiger charge is -2.22. The molecule has 2 rings (SSSR count). The van der Waals surface area contributed by atoms with Crippen LogP contribution in [0.1, 0.15) is 26.2 Å². The molecular weight excluding hydrogens is 262 g/mol. The van der Waals surface area contributed by atoms with Gasteiger partial charge in [-0.15, -0.1) is 0 Å². The molecule has 4 heteroatoms. The third kappa shape index (κ3) is 4.75. The zero-order valence-corrected chi connectivity index (χ0v) is 12.0. The predicted molar refractivity (Wildman–Crippen MR) is 76.5 cm³/mol. The van der Waals surface area contributed by atoms with Gasteiger partial charge < -0.3 is 9.64 Å². The van der Waals surface area contributed by atoms with Gasteiger partial charge in [0.2, 0.25) is 0 Å². The van der Waals surface area contributed by atoms with Gasteiger partial charge in [0.1, 0.15) is 5.75 Å². The Balaban J connectivity index is 1.82. The minimum absolute atomic E-state index is 0.0729. The number of carbonyl (C=O) groups excluding carboxylic acids is 1. The first-order chi connectivity index (χ1) is 9.19. The van der Waals surface area contributed by atoms with Gasteiger partial charge in [0.05, 0.1) is 0 Å². The summed E-state index contributed by atoms with van der Waals surface area (Å²) >= 11 is 5.80. The van der Waals surface area contributed by atoms with Crippen molar-refractivity contribution >= 4 is 17.5 Å². The second-order valence-corrected chi connectivity index (χ2v) is 5.46. The fourth-order valence-corrected chi connectivity index (χ4v) is 2.09. The van der Waals surface area contributed by atoms with E-state index in [1.54, 1.807) is 24.3 Å². The van der Waals surface area contributed by atoms with Crippen LogP contribution in [0.15, 0.2) is 24.3 Å². The normalized spacial score (nSPS) is 14.2. The first-order valence-corrected chi connectivity index (χ1v) is 7.23. The molecule has 0 aliphatic heterocycles. The number of carbonyl (C=O) groups is 1. The average Bonchev–Trinajstić information content (AvgIpc) is 3.21. The molecule has 1 saturated carbocycles. The van der Waals surface area contributed by atoms with E-state index in [0.29, 0.717) is 16.7 Å². The van der Waals surface area contributed by atoms with Crippen molar-refractivity contribution in [3.05, 3.63) is 29.3 Å². The topological polar surface area (TPSA) is 29.5 Å². The molecule has 3 nitrogen and oxygen atoms in total. The van der Waals surface area contributed by atoms with Gasteiger partial charge >= 0.3 is 0 Å². The number of rotatable bonds is 7. The molecule has 0 heterocycles. The number of hydrogen-bond acceptors (Lipinski definition) is 2. The summed E-state index contributed by atoms with van der Waals surface area (Å²) in [7, 11) is 0. The summed E-state index contributed by atoms with van der Waals surface area (Å²) in [4.78, 5) is 14.0. The Bertz CT molecular complexity index is 415. The highest BCUT2D eigenvalue weighted by Crippen LogP contribution is 2.29. The summed E-state index contributed by atoms with van der Waals surface area (Å²) in [5.74, 6) is 1.47. The summed E-state index contributed by atoms with van der Waals surface area (Å²) in [6, 6.07) is 7.08. The van der Waals surface area contributed by atoms with Crippen molar-refractivity contribution in [1.29, 1.82) is 0 Å². The van der Waals surface area contributed by atoms with Crippen molar-refractivity contribution in [2.24, 2.45) is 5.92 Å². The standard InChI is InChI=1S/C15H20ClNO2/c1-2-9-17(10-12-3-4-12)15(18)11-19-14-7-5-13(16)6-8-14/h5-8,12H,2-4,9-11H2,1H3. The summed E-state index contributed by atoms with van der Waals surface area (Å²) in [5.41, 5.74) is 0. The molecule has 0 radical (unpaired) electrons. The lowest BCUT2D eigenvalue weighted by atomic mass is 10.3. The zero-order chi connectivity index (χ0) is 13.7. The molecule has 1 fully saturated rings.